The van der Waals surface area contributed by atoms with Crippen LogP contribution in [0.2, 0.25) is 5.02 Å². The van der Waals surface area contributed by atoms with Crippen molar-refractivity contribution in [2.45, 2.75) is 0 Å². The van der Waals surface area contributed by atoms with Crippen molar-refractivity contribution in [2.75, 3.05) is 7.11 Å². The van der Waals surface area contributed by atoms with Crippen molar-refractivity contribution in [3.63, 3.8) is 0 Å². The molecular weight excluding hydrogens is 290 g/mol. The molecule has 0 fully saturated rings. The maximum atomic E-state index is 10.5. The first-order valence-corrected chi connectivity index (χ1v) is 4.63. The van der Waals surface area contributed by atoms with Crippen LogP contribution in [-0.2, 0) is 0 Å². The van der Waals surface area contributed by atoms with Gasteiger partial charge in [0.25, 0.3) is 0 Å². The summed E-state index contributed by atoms with van der Waals surface area (Å²) in [5.74, 6) is 0.579. The Morgan fingerprint density at radius 3 is 2.75 bits per heavy atom. The van der Waals surface area contributed by atoms with Crippen molar-refractivity contribution in [1.29, 1.82) is 0 Å². The number of hydrogen-bond acceptors (Lipinski definition) is 2. The number of carbonyl (C=O) groups is 1. The molecule has 0 saturated heterocycles. The third-order valence-corrected chi connectivity index (χ3v) is 2.39. The van der Waals surface area contributed by atoms with Gasteiger partial charge in [0.2, 0.25) is 0 Å². The van der Waals surface area contributed by atoms with Crippen LogP contribution in [0, 0.1) is 3.57 Å². The predicted molar refractivity (Wildman–Crippen MR) is 56.1 cm³/mol. The quantitative estimate of drug-likeness (QED) is 0.619. The van der Waals surface area contributed by atoms with Gasteiger partial charge in [0.05, 0.1) is 16.2 Å². The number of ether oxygens (including phenoxy) is 1. The number of benzene rings is 1. The van der Waals surface area contributed by atoms with Crippen LogP contribution in [0.5, 0.6) is 5.75 Å². The van der Waals surface area contributed by atoms with Gasteiger partial charge >= 0.3 is 0 Å². The Kier molecular flexibility index (Phi) is 3.34. The summed E-state index contributed by atoms with van der Waals surface area (Å²) < 4.78 is 5.86. The third kappa shape index (κ3) is 1.90. The molecule has 0 amide bonds. The minimum atomic E-state index is 0.481. The molecular formula is C8H6ClIO2. The molecule has 0 N–H and O–H groups in total. The van der Waals surface area contributed by atoms with Crippen LogP contribution in [0.1, 0.15) is 10.4 Å². The van der Waals surface area contributed by atoms with E-state index in [0.29, 0.717) is 16.3 Å². The highest BCUT2D eigenvalue weighted by molar-refractivity contribution is 14.1. The van der Waals surface area contributed by atoms with Crippen LogP contribution in [0.15, 0.2) is 12.1 Å². The van der Waals surface area contributed by atoms with E-state index in [9.17, 15) is 4.79 Å². The van der Waals surface area contributed by atoms with E-state index < -0.39 is 0 Å². The molecule has 0 bridgehead atoms. The first-order chi connectivity index (χ1) is 5.69. The third-order valence-electron chi connectivity index (χ3n) is 1.37. The Hall–Kier alpha value is -0.290. The average Bonchev–Trinajstić information content (AvgIpc) is 2.03. The van der Waals surface area contributed by atoms with E-state index in [-0.39, 0.29) is 0 Å². The summed E-state index contributed by atoms with van der Waals surface area (Å²) in [6.45, 7) is 0. The van der Waals surface area contributed by atoms with Crippen LogP contribution >= 0.6 is 34.2 Å². The summed E-state index contributed by atoms with van der Waals surface area (Å²) in [6, 6.07) is 3.32. The summed E-state index contributed by atoms with van der Waals surface area (Å²) in [5.41, 5.74) is 0.481. The fourth-order valence-corrected chi connectivity index (χ4v) is 2.16. The van der Waals surface area contributed by atoms with Crippen molar-refractivity contribution in [2.24, 2.45) is 0 Å². The maximum absolute atomic E-state index is 10.5. The molecule has 12 heavy (non-hydrogen) atoms. The second-order valence-corrected chi connectivity index (χ2v) is 3.73. The molecule has 0 radical (unpaired) electrons. The zero-order valence-corrected chi connectivity index (χ0v) is 9.22. The molecule has 0 aliphatic rings. The van der Waals surface area contributed by atoms with Gasteiger partial charge in [-0.1, -0.05) is 11.6 Å². The van der Waals surface area contributed by atoms with Gasteiger partial charge in [0, 0.05) is 5.02 Å². The lowest BCUT2D eigenvalue weighted by Crippen LogP contribution is -1.93. The average molecular weight is 296 g/mol. The SMILES string of the molecule is COc1c(I)cc(Cl)cc1C=O. The van der Waals surface area contributed by atoms with Crippen molar-refractivity contribution >= 4 is 40.5 Å². The summed E-state index contributed by atoms with van der Waals surface area (Å²) in [5, 5.41) is 0.544. The normalized spacial score (nSPS) is 9.58. The van der Waals surface area contributed by atoms with Crippen LogP contribution in [0.25, 0.3) is 0 Å². The number of carbonyl (C=O) groups excluding carboxylic acids is 1. The van der Waals surface area contributed by atoms with Crippen molar-refractivity contribution in [3.8, 4) is 5.75 Å². The molecule has 2 nitrogen and oxygen atoms in total. The molecule has 0 aliphatic heterocycles. The lowest BCUT2D eigenvalue weighted by atomic mass is 10.2. The molecule has 0 atom stereocenters. The van der Waals surface area contributed by atoms with Crippen LogP contribution in [0.4, 0.5) is 0 Å². The zero-order valence-electron chi connectivity index (χ0n) is 6.30. The van der Waals surface area contributed by atoms with E-state index in [4.69, 9.17) is 16.3 Å². The highest BCUT2D eigenvalue weighted by atomic mass is 127. The Morgan fingerprint density at radius 2 is 2.25 bits per heavy atom. The molecule has 0 spiro atoms. The zero-order chi connectivity index (χ0) is 9.14. The highest BCUT2D eigenvalue weighted by Gasteiger charge is 2.07. The number of rotatable bonds is 2. The van der Waals surface area contributed by atoms with E-state index in [1.54, 1.807) is 12.1 Å². The largest absolute Gasteiger partial charge is 0.495 e. The minimum absolute atomic E-state index is 0.481. The van der Waals surface area contributed by atoms with Gasteiger partial charge in [-0.05, 0) is 34.7 Å². The van der Waals surface area contributed by atoms with Gasteiger partial charge in [-0.25, -0.2) is 0 Å². The first-order valence-electron chi connectivity index (χ1n) is 3.17. The molecule has 0 aromatic heterocycles. The van der Waals surface area contributed by atoms with Gasteiger partial charge in [0.15, 0.2) is 6.29 Å². The summed E-state index contributed by atoms with van der Waals surface area (Å²) in [6.07, 6.45) is 0.729. The molecule has 4 heteroatoms. The molecule has 64 valence electrons. The first kappa shape index (κ1) is 9.80. The van der Waals surface area contributed by atoms with Crippen molar-refractivity contribution in [1.82, 2.24) is 0 Å². The Morgan fingerprint density at radius 1 is 1.58 bits per heavy atom. The van der Waals surface area contributed by atoms with Crippen LogP contribution in [-0.4, -0.2) is 13.4 Å². The second kappa shape index (κ2) is 4.09. The van der Waals surface area contributed by atoms with Gasteiger partial charge in [-0.15, -0.1) is 0 Å². The molecule has 1 aromatic rings. The number of methoxy groups -OCH3 is 1. The summed E-state index contributed by atoms with van der Waals surface area (Å²) >= 11 is 7.81. The fourth-order valence-electron chi connectivity index (χ4n) is 0.883. The van der Waals surface area contributed by atoms with Gasteiger partial charge < -0.3 is 4.74 Å². The smallest absolute Gasteiger partial charge is 0.153 e. The van der Waals surface area contributed by atoms with Gasteiger partial charge in [-0.2, -0.15) is 0 Å². The number of aldehydes is 1. The highest BCUT2D eigenvalue weighted by Crippen LogP contribution is 2.27. The molecule has 1 rings (SSSR count). The topological polar surface area (TPSA) is 26.3 Å². The minimum Gasteiger partial charge on any atom is -0.495 e. The van der Waals surface area contributed by atoms with Gasteiger partial charge in [0.1, 0.15) is 5.75 Å². The van der Waals surface area contributed by atoms with Crippen molar-refractivity contribution < 1.29 is 9.53 Å². The van der Waals surface area contributed by atoms with E-state index in [1.165, 1.54) is 7.11 Å². The summed E-state index contributed by atoms with van der Waals surface area (Å²) in [4.78, 5) is 10.5. The Bertz CT molecular complexity index is 312. The maximum Gasteiger partial charge on any atom is 0.153 e. The molecule has 0 heterocycles. The predicted octanol–water partition coefficient (Wildman–Crippen LogP) is 2.77. The number of halogens is 2. The van der Waals surface area contributed by atoms with Crippen LogP contribution in [0.3, 0.4) is 0 Å². The van der Waals surface area contributed by atoms with E-state index in [2.05, 4.69) is 22.6 Å². The van der Waals surface area contributed by atoms with E-state index >= 15 is 0 Å². The van der Waals surface area contributed by atoms with E-state index in [1.807, 2.05) is 0 Å². The van der Waals surface area contributed by atoms with Crippen LogP contribution < -0.4 is 4.74 Å². The lowest BCUT2D eigenvalue weighted by molar-refractivity contribution is 0.112. The van der Waals surface area contributed by atoms with Crippen molar-refractivity contribution in [3.05, 3.63) is 26.3 Å². The lowest BCUT2D eigenvalue weighted by Gasteiger charge is -2.05. The Labute approximate surface area is 89.0 Å². The Balaban J connectivity index is 3.33. The number of hydrogen-bond donors (Lipinski definition) is 0. The summed E-state index contributed by atoms with van der Waals surface area (Å²) in [7, 11) is 1.53. The van der Waals surface area contributed by atoms with E-state index in [0.717, 1.165) is 9.86 Å². The van der Waals surface area contributed by atoms with Gasteiger partial charge in [-0.3, -0.25) is 4.79 Å². The standard InChI is InChI=1S/C8H6ClIO2/c1-12-8-5(4-11)2-6(9)3-7(8)10/h2-4H,1H3. The molecule has 0 unspecified atom stereocenters. The second-order valence-electron chi connectivity index (χ2n) is 2.13. The molecule has 0 aliphatic carbocycles. The fraction of sp³-hybridized carbons (Fsp3) is 0.125. The molecule has 0 saturated carbocycles. The molecule has 1 aromatic carbocycles. The monoisotopic (exact) mass is 296 g/mol.